The van der Waals surface area contributed by atoms with E-state index in [9.17, 15) is 35.1 Å². The van der Waals surface area contributed by atoms with Crippen molar-refractivity contribution in [1.29, 1.82) is 0 Å². The number of hydrogen-bond donors (Lipinski definition) is 0. The van der Waals surface area contributed by atoms with Gasteiger partial charge in [0.15, 0.2) is 0 Å². The van der Waals surface area contributed by atoms with Crippen LogP contribution in [0.25, 0.3) is 0 Å². The molecule has 0 aliphatic rings. The van der Waals surface area contributed by atoms with E-state index in [1.165, 1.54) is 0 Å². The zero-order chi connectivity index (χ0) is 15.3. The third kappa shape index (κ3) is 7.70. The predicted molar refractivity (Wildman–Crippen MR) is 54.3 cm³/mol. The molecule has 19 heavy (non-hydrogen) atoms. The van der Waals surface area contributed by atoms with Crippen molar-refractivity contribution < 1.29 is 35.1 Å². The van der Waals surface area contributed by atoms with Crippen molar-refractivity contribution in [2.75, 3.05) is 0 Å². The van der Waals surface area contributed by atoms with E-state index >= 15 is 0 Å². The Balaban J connectivity index is 3.85. The number of halogens is 8. The van der Waals surface area contributed by atoms with Crippen molar-refractivity contribution in [3.8, 4) is 0 Å². The molecule has 0 amide bonds. The van der Waals surface area contributed by atoms with Crippen molar-refractivity contribution in [3.63, 3.8) is 0 Å². The molecule has 0 N–H and O–H groups in total. The second kappa shape index (κ2) is 7.45. The van der Waals surface area contributed by atoms with Crippen molar-refractivity contribution >= 4 is 27.9 Å². The zero-order valence-electron chi connectivity index (χ0n) is 10.3. The van der Waals surface area contributed by atoms with E-state index in [-0.39, 0.29) is 25.7 Å². The van der Waals surface area contributed by atoms with Crippen molar-refractivity contribution in [3.05, 3.63) is 0 Å². The predicted octanol–water partition coefficient (Wildman–Crippen LogP) is 4.62. The maximum atomic E-state index is 13.0. The number of rotatable bonds is 8. The number of hydrogen-bond acceptors (Lipinski definition) is 0. The normalized spacial score (nSPS) is 15.7. The molecule has 0 heterocycles. The molecule has 0 bridgehead atoms. The minimum atomic E-state index is -4.69. The third-order valence-corrected chi connectivity index (χ3v) is 3.31. The minimum absolute atomic E-state index is 0.106. The zero-order valence-corrected chi connectivity index (χ0v) is 12.3. The molecule has 0 rings (SSSR count). The SMILES string of the molecule is FC(CCCCCCC(F)(F)F)C(F)(F)[C](F)(F)[Na]. The molecular weight excluding hydrogens is 295 g/mol. The van der Waals surface area contributed by atoms with Gasteiger partial charge in [0.1, 0.15) is 0 Å². The first-order valence-corrected chi connectivity index (χ1v) is 6.84. The molecule has 110 valence electrons. The standard InChI is InChI=1S/C10H13F8.Na/c11-7(10(17,18)8(12)13)5-3-1-2-4-6-9(14,15)16;/h7H,1-6H2;. The summed E-state index contributed by atoms with van der Waals surface area (Å²) in [6, 6.07) is 0. The Kier molecular flexibility index (Phi) is 7.62. The van der Waals surface area contributed by atoms with Crippen molar-refractivity contribution in [1.82, 2.24) is 0 Å². The summed E-state index contributed by atoms with van der Waals surface area (Å²) >= 11 is -1.16. The van der Waals surface area contributed by atoms with E-state index in [2.05, 4.69) is 0 Å². The summed E-state index contributed by atoms with van der Waals surface area (Å²) in [5, 5.41) is 0. The fourth-order valence-corrected chi connectivity index (χ4v) is 1.77. The van der Waals surface area contributed by atoms with Crippen LogP contribution in [0.4, 0.5) is 35.1 Å². The molecule has 0 radical (unpaired) electrons. The van der Waals surface area contributed by atoms with E-state index < -0.39 is 62.2 Å². The molecule has 1 atom stereocenters. The van der Waals surface area contributed by atoms with Gasteiger partial charge >= 0.3 is 123 Å². The summed E-state index contributed by atoms with van der Waals surface area (Å²) in [4.78, 5) is 0. The summed E-state index contributed by atoms with van der Waals surface area (Å²) in [5.74, 6) is -4.69. The van der Waals surface area contributed by atoms with Crippen LogP contribution in [-0.4, -0.2) is 49.4 Å². The van der Waals surface area contributed by atoms with Crippen LogP contribution >= 0.6 is 0 Å². The van der Waals surface area contributed by atoms with Crippen LogP contribution in [0.3, 0.4) is 0 Å². The summed E-state index contributed by atoms with van der Waals surface area (Å²) < 4.78 is 94.4. The first kappa shape index (κ1) is 19.4. The molecule has 0 aliphatic heterocycles. The molecule has 0 saturated heterocycles. The molecule has 0 aromatic rings. The van der Waals surface area contributed by atoms with Crippen LogP contribution in [-0.2, 0) is 0 Å². The second-order valence-corrected chi connectivity index (χ2v) is 5.80. The van der Waals surface area contributed by atoms with Gasteiger partial charge in [0.25, 0.3) is 0 Å². The van der Waals surface area contributed by atoms with Gasteiger partial charge in [0.05, 0.1) is 0 Å². The Morgan fingerprint density at radius 1 is 0.789 bits per heavy atom. The molecule has 0 aromatic carbocycles. The molecule has 1 unspecified atom stereocenters. The first-order chi connectivity index (χ1) is 8.38. The van der Waals surface area contributed by atoms with Gasteiger partial charge in [-0.3, -0.25) is 0 Å². The Labute approximate surface area is 123 Å². The van der Waals surface area contributed by atoms with E-state index in [4.69, 9.17) is 0 Å². The summed E-state index contributed by atoms with van der Waals surface area (Å²) in [6.07, 6.45) is -9.07. The van der Waals surface area contributed by atoms with Crippen LogP contribution in [0.5, 0.6) is 0 Å². The summed E-state index contributed by atoms with van der Waals surface area (Å²) in [6.45, 7) is 0. The third-order valence-electron chi connectivity index (χ3n) is 2.65. The Bertz CT molecular complexity index is 257. The fraction of sp³-hybridized carbons (Fsp3) is 1.00. The van der Waals surface area contributed by atoms with Crippen LogP contribution in [0.2, 0.25) is 0 Å². The van der Waals surface area contributed by atoms with Crippen molar-refractivity contribution in [2.45, 2.75) is 60.0 Å². The molecule has 0 aliphatic carbocycles. The average Bonchev–Trinajstić information content (AvgIpc) is 2.19. The van der Waals surface area contributed by atoms with Crippen LogP contribution in [0, 0.1) is 0 Å². The fourth-order valence-electron chi connectivity index (χ4n) is 1.46. The van der Waals surface area contributed by atoms with Gasteiger partial charge in [-0.15, -0.1) is 0 Å². The molecule has 0 fully saturated rings. The van der Waals surface area contributed by atoms with E-state index in [0.717, 1.165) is 0 Å². The molecule has 0 saturated carbocycles. The van der Waals surface area contributed by atoms with Gasteiger partial charge in [-0.25, -0.2) is 0 Å². The molecular formula is C10H13F8Na. The molecule has 0 spiro atoms. The van der Waals surface area contributed by atoms with Gasteiger partial charge in [-0.1, -0.05) is 0 Å². The second-order valence-electron chi connectivity index (χ2n) is 4.55. The Morgan fingerprint density at radius 3 is 1.68 bits per heavy atom. The van der Waals surface area contributed by atoms with E-state index in [1.54, 1.807) is 0 Å². The van der Waals surface area contributed by atoms with E-state index in [0.29, 0.717) is 0 Å². The van der Waals surface area contributed by atoms with Crippen molar-refractivity contribution in [2.24, 2.45) is 0 Å². The quantitative estimate of drug-likeness (QED) is 0.348. The monoisotopic (exact) mass is 308 g/mol. The van der Waals surface area contributed by atoms with Gasteiger partial charge in [0, 0.05) is 0 Å². The summed E-state index contributed by atoms with van der Waals surface area (Å²) in [5.41, 5.74) is 0. The molecule has 0 nitrogen and oxygen atoms in total. The number of unbranched alkanes of at least 4 members (excludes halogenated alkanes) is 3. The Hall–Kier alpha value is 0.440. The summed E-state index contributed by atoms with van der Waals surface area (Å²) in [7, 11) is 0. The van der Waals surface area contributed by atoms with E-state index in [1.807, 2.05) is 0 Å². The average molecular weight is 308 g/mol. The topological polar surface area (TPSA) is 0 Å². The first-order valence-electron chi connectivity index (χ1n) is 5.84. The molecule has 0 aromatic heterocycles. The van der Waals surface area contributed by atoms with Gasteiger partial charge < -0.3 is 0 Å². The van der Waals surface area contributed by atoms with Gasteiger partial charge in [-0.2, -0.15) is 0 Å². The molecule has 9 heteroatoms. The Morgan fingerprint density at radius 2 is 1.26 bits per heavy atom. The van der Waals surface area contributed by atoms with Crippen LogP contribution in [0.1, 0.15) is 38.5 Å². The van der Waals surface area contributed by atoms with Gasteiger partial charge in [-0.05, 0) is 0 Å². The van der Waals surface area contributed by atoms with Crippen LogP contribution in [0.15, 0.2) is 0 Å². The maximum absolute atomic E-state index is 13.0. The van der Waals surface area contributed by atoms with Gasteiger partial charge in [0.2, 0.25) is 0 Å². The van der Waals surface area contributed by atoms with Crippen LogP contribution < -0.4 is 0 Å². The number of alkyl halides is 8.